The zero-order valence-corrected chi connectivity index (χ0v) is 20.0. The minimum Gasteiger partial charge on any atom is -0.465 e. The Labute approximate surface area is 198 Å². The average Bonchev–Trinajstić information content (AvgIpc) is 3.09. The summed E-state index contributed by atoms with van der Waals surface area (Å²) < 4.78 is 6.34. The maximum atomic E-state index is 13.4. The molecule has 1 atom stereocenters. The Hall–Kier alpha value is -3.33. The van der Waals surface area contributed by atoms with E-state index in [9.17, 15) is 19.5 Å². The number of amides is 3. The van der Waals surface area contributed by atoms with E-state index in [0.717, 1.165) is 15.6 Å². The van der Waals surface area contributed by atoms with Gasteiger partial charge in [-0.05, 0) is 47.2 Å². The minimum atomic E-state index is -0.989. The zero-order chi connectivity index (χ0) is 24.1. The Balaban J connectivity index is 1.79. The first-order valence-corrected chi connectivity index (χ1v) is 11.2. The highest BCUT2D eigenvalue weighted by atomic mass is 79.9. The number of rotatable bonds is 3. The van der Waals surface area contributed by atoms with Gasteiger partial charge in [0.15, 0.2) is 0 Å². The summed E-state index contributed by atoms with van der Waals surface area (Å²) in [7, 11) is 0. The van der Waals surface area contributed by atoms with Crippen LogP contribution in [0.15, 0.2) is 45.3 Å². The van der Waals surface area contributed by atoms with E-state index in [1.165, 1.54) is 4.90 Å². The van der Waals surface area contributed by atoms with Gasteiger partial charge in [-0.3, -0.25) is 9.59 Å². The van der Waals surface area contributed by atoms with Crippen molar-refractivity contribution in [3.63, 3.8) is 0 Å². The second kappa shape index (κ2) is 8.22. The molecule has 33 heavy (non-hydrogen) atoms. The van der Waals surface area contributed by atoms with Crippen molar-refractivity contribution >= 4 is 50.5 Å². The largest absolute Gasteiger partial charge is 0.465 e. The standard InChI is InChI=1S/C24H24BrN3O5/c1-24(2,3)20-14-5-4-6-15(13(14)9-10-28(20)23(31)32)22(30)27-18-16-11-12(25)7-8-17(16)33-19(18)21(26)29/h4-8,11,20H,9-10H2,1-3H3,(H2,26,29)(H,27,30)(H,31,32). The van der Waals surface area contributed by atoms with Gasteiger partial charge in [0.25, 0.3) is 11.8 Å². The second-order valence-electron chi connectivity index (χ2n) is 9.13. The van der Waals surface area contributed by atoms with Crippen LogP contribution in [0, 0.1) is 5.41 Å². The molecule has 1 aromatic heterocycles. The van der Waals surface area contributed by atoms with Crippen molar-refractivity contribution in [2.75, 3.05) is 11.9 Å². The van der Waals surface area contributed by atoms with Gasteiger partial charge in [0.1, 0.15) is 11.3 Å². The van der Waals surface area contributed by atoms with Gasteiger partial charge < -0.3 is 25.5 Å². The van der Waals surface area contributed by atoms with E-state index in [4.69, 9.17) is 10.2 Å². The third-order valence-corrected chi connectivity index (χ3v) is 6.34. The van der Waals surface area contributed by atoms with Crippen molar-refractivity contribution in [2.45, 2.75) is 33.2 Å². The zero-order valence-electron chi connectivity index (χ0n) is 18.4. The molecule has 0 spiro atoms. The molecule has 0 radical (unpaired) electrons. The summed E-state index contributed by atoms with van der Waals surface area (Å²) in [6, 6.07) is 10.1. The fourth-order valence-corrected chi connectivity index (χ4v) is 4.93. The number of halogens is 1. The van der Waals surface area contributed by atoms with E-state index in [1.807, 2.05) is 26.8 Å². The molecule has 1 aliphatic heterocycles. The monoisotopic (exact) mass is 513 g/mol. The molecule has 3 amide bonds. The van der Waals surface area contributed by atoms with Crippen LogP contribution in [0.4, 0.5) is 10.5 Å². The molecule has 3 aromatic rings. The number of carbonyl (C=O) groups is 3. The first kappa shape index (κ1) is 22.8. The number of nitrogens with one attached hydrogen (secondary N) is 1. The SMILES string of the molecule is CC(C)(C)C1c2cccc(C(=O)Nc3c(C(N)=O)oc4ccc(Br)cc34)c2CCN1C(=O)O. The highest BCUT2D eigenvalue weighted by Crippen LogP contribution is 2.43. The van der Waals surface area contributed by atoms with Gasteiger partial charge in [-0.25, -0.2) is 4.79 Å². The van der Waals surface area contributed by atoms with E-state index in [0.29, 0.717) is 23.0 Å². The van der Waals surface area contributed by atoms with E-state index in [-0.39, 0.29) is 23.4 Å². The van der Waals surface area contributed by atoms with Gasteiger partial charge in [-0.2, -0.15) is 0 Å². The number of carboxylic acid groups (broad SMARTS) is 1. The molecule has 0 bridgehead atoms. The minimum absolute atomic E-state index is 0.133. The average molecular weight is 514 g/mol. The first-order valence-electron chi connectivity index (χ1n) is 10.4. The van der Waals surface area contributed by atoms with Crippen LogP contribution in [0.5, 0.6) is 0 Å². The maximum absolute atomic E-state index is 13.4. The van der Waals surface area contributed by atoms with E-state index in [1.54, 1.807) is 30.3 Å². The van der Waals surface area contributed by atoms with Crippen LogP contribution in [0.2, 0.25) is 0 Å². The van der Waals surface area contributed by atoms with Crippen LogP contribution < -0.4 is 11.1 Å². The quantitative estimate of drug-likeness (QED) is 0.445. The number of benzene rings is 2. The van der Waals surface area contributed by atoms with Gasteiger partial charge in [-0.1, -0.05) is 48.8 Å². The van der Waals surface area contributed by atoms with Crippen LogP contribution >= 0.6 is 15.9 Å². The van der Waals surface area contributed by atoms with E-state index >= 15 is 0 Å². The van der Waals surface area contributed by atoms with Gasteiger partial charge in [0, 0.05) is 22.0 Å². The maximum Gasteiger partial charge on any atom is 0.407 e. The molecule has 0 saturated carbocycles. The molecule has 0 aliphatic carbocycles. The van der Waals surface area contributed by atoms with Crippen molar-refractivity contribution in [1.29, 1.82) is 0 Å². The number of hydrogen-bond donors (Lipinski definition) is 3. The number of furan rings is 1. The predicted molar refractivity (Wildman–Crippen MR) is 127 cm³/mol. The van der Waals surface area contributed by atoms with Crippen LogP contribution in [0.1, 0.15) is 58.9 Å². The third-order valence-electron chi connectivity index (χ3n) is 5.84. The molecule has 4 N–H and O–H groups in total. The fraction of sp³-hybridized carbons (Fsp3) is 0.292. The van der Waals surface area contributed by atoms with Crippen LogP contribution in [-0.4, -0.2) is 34.5 Å². The molecule has 8 nitrogen and oxygen atoms in total. The molecule has 172 valence electrons. The van der Waals surface area contributed by atoms with E-state index < -0.39 is 23.9 Å². The van der Waals surface area contributed by atoms with E-state index in [2.05, 4.69) is 21.2 Å². The van der Waals surface area contributed by atoms with Crippen LogP contribution in [-0.2, 0) is 6.42 Å². The summed E-state index contributed by atoms with van der Waals surface area (Å²) in [5.41, 5.74) is 7.76. The van der Waals surface area contributed by atoms with Crippen molar-refractivity contribution in [2.24, 2.45) is 11.1 Å². The van der Waals surface area contributed by atoms with Crippen molar-refractivity contribution in [1.82, 2.24) is 4.90 Å². The van der Waals surface area contributed by atoms with Crippen molar-refractivity contribution in [3.05, 3.63) is 63.3 Å². The summed E-state index contributed by atoms with van der Waals surface area (Å²) in [5.74, 6) is -1.35. The Morgan fingerprint density at radius 2 is 1.94 bits per heavy atom. The number of nitrogens with two attached hydrogens (primary N) is 1. The topological polar surface area (TPSA) is 126 Å². The Morgan fingerprint density at radius 1 is 1.21 bits per heavy atom. The van der Waals surface area contributed by atoms with Gasteiger partial charge >= 0.3 is 6.09 Å². The fourth-order valence-electron chi connectivity index (χ4n) is 4.57. The smallest absolute Gasteiger partial charge is 0.407 e. The van der Waals surface area contributed by atoms with Gasteiger partial charge in [0.05, 0.1) is 6.04 Å². The molecular weight excluding hydrogens is 490 g/mol. The lowest BCUT2D eigenvalue weighted by atomic mass is 9.76. The van der Waals surface area contributed by atoms with Crippen molar-refractivity contribution < 1.29 is 23.9 Å². The summed E-state index contributed by atoms with van der Waals surface area (Å²) in [4.78, 5) is 38.7. The summed E-state index contributed by atoms with van der Waals surface area (Å²) in [6.07, 6.45) is -0.588. The van der Waals surface area contributed by atoms with Crippen molar-refractivity contribution in [3.8, 4) is 0 Å². The number of carbonyl (C=O) groups excluding carboxylic acids is 2. The molecule has 2 aromatic carbocycles. The van der Waals surface area contributed by atoms with Crippen LogP contribution in [0.3, 0.4) is 0 Å². The number of fused-ring (bicyclic) bond motifs is 2. The summed E-state index contributed by atoms with van der Waals surface area (Å²) in [6.45, 7) is 6.21. The lowest BCUT2D eigenvalue weighted by Crippen LogP contribution is -2.45. The molecular formula is C24H24BrN3O5. The van der Waals surface area contributed by atoms with Gasteiger partial charge in [0.2, 0.25) is 5.76 Å². The molecule has 4 rings (SSSR count). The number of primary amides is 1. The Bertz CT molecular complexity index is 1290. The first-order chi connectivity index (χ1) is 15.5. The molecule has 2 heterocycles. The van der Waals surface area contributed by atoms with Crippen LogP contribution in [0.25, 0.3) is 11.0 Å². The number of nitrogens with zero attached hydrogens (tertiary/aromatic N) is 1. The highest BCUT2D eigenvalue weighted by Gasteiger charge is 2.39. The molecule has 0 saturated heterocycles. The molecule has 9 heteroatoms. The summed E-state index contributed by atoms with van der Waals surface area (Å²) in [5, 5.41) is 13.1. The highest BCUT2D eigenvalue weighted by molar-refractivity contribution is 9.10. The normalized spacial score (nSPS) is 15.9. The summed E-state index contributed by atoms with van der Waals surface area (Å²) >= 11 is 3.39. The lowest BCUT2D eigenvalue weighted by molar-refractivity contribution is 0.0756. The van der Waals surface area contributed by atoms with Gasteiger partial charge in [-0.15, -0.1) is 0 Å². The predicted octanol–water partition coefficient (Wildman–Crippen LogP) is 5.17. The number of anilines is 1. The second-order valence-corrected chi connectivity index (χ2v) is 10.0. The Kier molecular flexibility index (Phi) is 5.69. The molecule has 1 aliphatic rings. The Morgan fingerprint density at radius 3 is 2.58 bits per heavy atom. The third kappa shape index (κ3) is 4.08. The molecule has 1 unspecified atom stereocenters. The number of hydrogen-bond acceptors (Lipinski definition) is 4. The molecule has 0 fully saturated rings. The lowest BCUT2D eigenvalue weighted by Gasteiger charge is -2.43.